The Morgan fingerprint density at radius 3 is 2.59 bits per heavy atom. The summed E-state index contributed by atoms with van der Waals surface area (Å²) >= 11 is 0. The minimum Gasteiger partial charge on any atom is -0.437 e. The van der Waals surface area contributed by atoms with Gasteiger partial charge in [0.05, 0.1) is 11.2 Å². The molecule has 0 amide bonds. The highest BCUT2D eigenvalue weighted by Gasteiger charge is 2.12. The first kappa shape index (κ1) is 16.8. The van der Waals surface area contributed by atoms with E-state index in [-0.39, 0.29) is 0 Å². The fourth-order valence-electron chi connectivity index (χ4n) is 2.80. The van der Waals surface area contributed by atoms with E-state index in [2.05, 4.69) is 27.2 Å². The number of rotatable bonds is 5. The van der Waals surface area contributed by atoms with Crippen LogP contribution in [-0.2, 0) is 6.42 Å². The first-order chi connectivity index (χ1) is 13.2. The molecule has 6 heteroatoms. The number of nitrogens with two attached hydrogens (primary N) is 1. The Kier molecular flexibility index (Phi) is 4.53. The number of hydrogen-bond donors (Lipinski definition) is 2. The maximum atomic E-state index is 6.25. The van der Waals surface area contributed by atoms with Gasteiger partial charge in [0.2, 0.25) is 5.88 Å². The summed E-state index contributed by atoms with van der Waals surface area (Å²) in [6.45, 7) is 2.11. The van der Waals surface area contributed by atoms with E-state index < -0.39 is 0 Å². The Morgan fingerprint density at radius 1 is 0.963 bits per heavy atom. The van der Waals surface area contributed by atoms with Gasteiger partial charge in [-0.05, 0) is 36.2 Å². The number of nitrogen functional groups attached to an aromatic ring is 1. The maximum absolute atomic E-state index is 6.25. The number of pyridine rings is 1. The number of aromatic nitrogens is 3. The molecule has 2 aromatic heterocycles. The Bertz CT molecular complexity index is 1070. The number of ether oxygens (including phenoxy) is 1. The molecule has 4 rings (SSSR count). The lowest BCUT2D eigenvalue weighted by molar-refractivity contribution is 0.464. The summed E-state index contributed by atoms with van der Waals surface area (Å²) in [6.07, 6.45) is 4.15. The lowest BCUT2D eigenvalue weighted by atomic mass is 10.2. The fraction of sp³-hybridized carbons (Fsp3) is 0.0952. The monoisotopic (exact) mass is 357 g/mol. The number of para-hydroxylation sites is 1. The SMILES string of the molecule is CCc1ccc(Oc2ncnc(Nc3cccc4cccnc34)c2N)cc1. The molecule has 4 aromatic rings. The van der Waals surface area contributed by atoms with Crippen molar-refractivity contribution < 1.29 is 4.74 Å². The number of anilines is 3. The van der Waals surface area contributed by atoms with Crippen molar-refractivity contribution in [2.24, 2.45) is 0 Å². The summed E-state index contributed by atoms with van der Waals surface area (Å²) in [4.78, 5) is 12.9. The van der Waals surface area contributed by atoms with Gasteiger partial charge in [0, 0.05) is 11.6 Å². The van der Waals surface area contributed by atoms with Crippen LogP contribution in [0.5, 0.6) is 11.6 Å². The Labute approximate surface area is 157 Å². The zero-order chi connectivity index (χ0) is 18.6. The average Bonchev–Trinajstić information content (AvgIpc) is 2.72. The van der Waals surface area contributed by atoms with E-state index in [1.54, 1.807) is 6.20 Å². The molecule has 6 nitrogen and oxygen atoms in total. The molecule has 0 unspecified atom stereocenters. The average molecular weight is 357 g/mol. The molecule has 0 saturated heterocycles. The quantitative estimate of drug-likeness (QED) is 0.538. The lowest BCUT2D eigenvalue weighted by Gasteiger charge is -2.13. The van der Waals surface area contributed by atoms with E-state index in [9.17, 15) is 0 Å². The first-order valence-corrected chi connectivity index (χ1v) is 8.72. The Balaban J connectivity index is 1.63. The number of nitrogens with one attached hydrogen (secondary N) is 1. The van der Waals surface area contributed by atoms with Crippen molar-refractivity contribution in [1.29, 1.82) is 0 Å². The van der Waals surface area contributed by atoms with Gasteiger partial charge in [-0.1, -0.05) is 37.3 Å². The topological polar surface area (TPSA) is 86.0 Å². The zero-order valence-corrected chi connectivity index (χ0v) is 14.9. The Hall–Kier alpha value is -3.67. The number of fused-ring (bicyclic) bond motifs is 1. The number of nitrogens with zero attached hydrogens (tertiary/aromatic N) is 3. The zero-order valence-electron chi connectivity index (χ0n) is 14.9. The van der Waals surface area contributed by atoms with E-state index >= 15 is 0 Å². The van der Waals surface area contributed by atoms with Crippen LogP contribution in [0.4, 0.5) is 17.2 Å². The lowest BCUT2D eigenvalue weighted by Crippen LogP contribution is -2.03. The van der Waals surface area contributed by atoms with Crippen molar-refractivity contribution in [3.63, 3.8) is 0 Å². The second-order valence-corrected chi connectivity index (χ2v) is 6.05. The van der Waals surface area contributed by atoms with Crippen LogP contribution in [0.1, 0.15) is 12.5 Å². The van der Waals surface area contributed by atoms with Gasteiger partial charge in [0.1, 0.15) is 17.8 Å². The minimum atomic E-state index is 0.310. The van der Waals surface area contributed by atoms with Gasteiger partial charge in [0.15, 0.2) is 5.82 Å². The van der Waals surface area contributed by atoms with Crippen LogP contribution >= 0.6 is 0 Å². The van der Waals surface area contributed by atoms with Crippen LogP contribution in [0.2, 0.25) is 0 Å². The fourth-order valence-corrected chi connectivity index (χ4v) is 2.80. The third-order valence-corrected chi connectivity index (χ3v) is 4.28. The van der Waals surface area contributed by atoms with Crippen LogP contribution < -0.4 is 15.8 Å². The molecule has 0 aliphatic rings. The van der Waals surface area contributed by atoms with E-state index in [0.29, 0.717) is 23.1 Å². The molecule has 27 heavy (non-hydrogen) atoms. The van der Waals surface area contributed by atoms with Crippen molar-refractivity contribution in [2.75, 3.05) is 11.1 Å². The van der Waals surface area contributed by atoms with E-state index in [4.69, 9.17) is 10.5 Å². The third-order valence-electron chi connectivity index (χ3n) is 4.28. The van der Waals surface area contributed by atoms with Crippen molar-refractivity contribution >= 4 is 28.1 Å². The van der Waals surface area contributed by atoms with Gasteiger partial charge < -0.3 is 15.8 Å². The molecule has 2 heterocycles. The van der Waals surface area contributed by atoms with Crippen molar-refractivity contribution in [3.8, 4) is 11.6 Å². The van der Waals surface area contributed by atoms with Crippen LogP contribution in [0.25, 0.3) is 10.9 Å². The molecule has 0 atom stereocenters. The number of hydrogen-bond acceptors (Lipinski definition) is 6. The molecule has 2 aromatic carbocycles. The molecule has 0 fully saturated rings. The second-order valence-electron chi connectivity index (χ2n) is 6.05. The normalized spacial score (nSPS) is 10.7. The molecule has 0 spiro atoms. The van der Waals surface area contributed by atoms with Gasteiger partial charge in [-0.2, -0.15) is 4.98 Å². The summed E-state index contributed by atoms with van der Waals surface area (Å²) in [7, 11) is 0. The molecule has 0 aliphatic carbocycles. The molecule has 0 radical (unpaired) electrons. The van der Waals surface area contributed by atoms with Crippen molar-refractivity contribution in [1.82, 2.24) is 15.0 Å². The first-order valence-electron chi connectivity index (χ1n) is 8.72. The van der Waals surface area contributed by atoms with Gasteiger partial charge >= 0.3 is 0 Å². The molecule has 0 bridgehead atoms. The predicted octanol–water partition coefficient (Wildman–Crippen LogP) is 4.71. The molecular weight excluding hydrogens is 338 g/mol. The molecule has 134 valence electrons. The summed E-state index contributed by atoms with van der Waals surface area (Å²) < 4.78 is 5.84. The highest BCUT2D eigenvalue weighted by molar-refractivity contribution is 5.92. The van der Waals surface area contributed by atoms with Gasteiger partial charge in [0.25, 0.3) is 0 Å². The minimum absolute atomic E-state index is 0.310. The van der Waals surface area contributed by atoms with Crippen LogP contribution in [0.3, 0.4) is 0 Å². The van der Waals surface area contributed by atoms with Gasteiger partial charge in [-0.25, -0.2) is 4.98 Å². The maximum Gasteiger partial charge on any atom is 0.248 e. The summed E-state index contributed by atoms with van der Waals surface area (Å²) in [6, 6.07) is 17.7. The van der Waals surface area contributed by atoms with Gasteiger partial charge in [-0.3, -0.25) is 4.98 Å². The van der Waals surface area contributed by atoms with Crippen LogP contribution in [-0.4, -0.2) is 15.0 Å². The van der Waals surface area contributed by atoms with E-state index in [0.717, 1.165) is 23.0 Å². The highest BCUT2D eigenvalue weighted by Crippen LogP contribution is 2.32. The van der Waals surface area contributed by atoms with Crippen molar-refractivity contribution in [3.05, 3.63) is 72.7 Å². The molecule has 0 aliphatic heterocycles. The van der Waals surface area contributed by atoms with Crippen molar-refractivity contribution in [2.45, 2.75) is 13.3 Å². The Morgan fingerprint density at radius 2 is 1.78 bits per heavy atom. The van der Waals surface area contributed by atoms with Crippen LogP contribution in [0.15, 0.2) is 67.1 Å². The van der Waals surface area contributed by atoms with Gasteiger partial charge in [-0.15, -0.1) is 0 Å². The van der Waals surface area contributed by atoms with Crippen LogP contribution in [0, 0.1) is 0 Å². The summed E-state index contributed by atoms with van der Waals surface area (Å²) in [5.74, 6) is 1.46. The second kappa shape index (κ2) is 7.29. The number of benzene rings is 2. The van der Waals surface area contributed by atoms with E-state index in [1.165, 1.54) is 11.9 Å². The van der Waals surface area contributed by atoms with E-state index in [1.807, 2.05) is 54.6 Å². The number of aryl methyl sites for hydroxylation is 1. The molecule has 3 N–H and O–H groups in total. The molecular formula is C21H19N5O. The molecule has 0 saturated carbocycles. The standard InChI is InChI=1S/C21H19N5O/c1-2-14-8-10-16(11-9-14)27-21-18(22)20(24-13-25-21)26-17-7-3-5-15-6-4-12-23-19(15)17/h3-13H,2,22H2,1H3,(H,24,25,26). The summed E-state index contributed by atoms with van der Waals surface area (Å²) in [5.41, 5.74) is 9.48. The largest absolute Gasteiger partial charge is 0.437 e. The third kappa shape index (κ3) is 3.50. The smallest absolute Gasteiger partial charge is 0.248 e. The predicted molar refractivity (Wildman–Crippen MR) is 107 cm³/mol. The summed E-state index contributed by atoms with van der Waals surface area (Å²) in [5, 5.41) is 4.27. The highest BCUT2D eigenvalue weighted by atomic mass is 16.5.